The van der Waals surface area contributed by atoms with Crippen LogP contribution in [0.15, 0.2) is 421 Å². The second kappa shape index (κ2) is 29.8. The Hall–Kier alpha value is -16.4. The van der Waals surface area contributed by atoms with Crippen molar-refractivity contribution in [1.29, 1.82) is 0 Å². The lowest BCUT2D eigenvalue weighted by atomic mass is 9.96. The molecule has 0 saturated carbocycles. The van der Waals surface area contributed by atoms with Crippen molar-refractivity contribution < 1.29 is 32.1 Å². The van der Waals surface area contributed by atoms with Crippen molar-refractivity contribution >= 4 is 151 Å². The van der Waals surface area contributed by atoms with Crippen LogP contribution in [0.2, 0.25) is 0 Å². The lowest BCUT2D eigenvalue weighted by Gasteiger charge is -2.13. The molecule has 0 amide bonds. The van der Waals surface area contributed by atoms with Gasteiger partial charge in [0.15, 0.2) is 23.3 Å². The molecule has 26 rings (SSSR count). The Labute approximate surface area is 753 Å². The summed E-state index contributed by atoms with van der Waals surface area (Å²) in [6, 6.07) is 94.0. The third-order valence-electron chi connectivity index (χ3n) is 23.2. The number of thiophene rings is 2. The van der Waals surface area contributed by atoms with Crippen molar-refractivity contribution in [2.45, 2.75) is 0 Å². The highest BCUT2D eigenvalue weighted by atomic mass is 32.1. The minimum atomic E-state index is -0.693. The minimum Gasteiger partial charge on any atom is -0.456 e. The van der Waals surface area contributed by atoms with E-state index in [0.717, 1.165) is 118 Å². The number of nitrogens with zero attached hydrogens (tertiary/aromatic N) is 8. The zero-order chi connectivity index (χ0) is 97.7. The summed E-state index contributed by atoms with van der Waals surface area (Å²) in [6.07, 6.45) is 0. The maximum atomic E-state index is 9.88. The lowest BCUT2D eigenvalue weighted by Crippen LogP contribution is -2.06. The number of hydrogen-bond donors (Lipinski definition) is 0. The molecule has 0 atom stereocenters. The molecule has 10 nitrogen and oxygen atoms in total. The zero-order valence-electron chi connectivity index (χ0n) is 83.2. The first-order chi connectivity index (χ1) is 69.5. The van der Waals surface area contributed by atoms with E-state index in [1.165, 1.54) is 10.1 Å². The van der Waals surface area contributed by atoms with Crippen LogP contribution in [0.3, 0.4) is 0 Å². The first-order valence-electron chi connectivity index (χ1n) is 49.3. The predicted molar refractivity (Wildman–Crippen MR) is 523 cm³/mol. The van der Waals surface area contributed by atoms with Gasteiger partial charge in [-0.15, -0.1) is 22.7 Å². The Bertz CT molecular complexity index is 9890. The predicted octanol–water partition coefficient (Wildman–Crippen LogP) is 31.1. The average molecular weight is 1660 g/mol. The molecule has 8 heterocycles. The summed E-state index contributed by atoms with van der Waals surface area (Å²) in [5, 5.41) is 8.48. The van der Waals surface area contributed by atoms with Crippen LogP contribution in [0.4, 0.5) is 0 Å². The zero-order valence-corrected chi connectivity index (χ0v) is 67.8. The highest BCUT2D eigenvalue weighted by Gasteiger charge is 2.27. The monoisotopic (exact) mass is 1660 g/mol. The molecule has 12 heteroatoms. The van der Waals surface area contributed by atoms with Crippen molar-refractivity contribution in [2.24, 2.45) is 0 Å². The van der Waals surface area contributed by atoms with Crippen molar-refractivity contribution in [3.05, 3.63) is 412 Å². The van der Waals surface area contributed by atoms with Crippen LogP contribution in [-0.4, -0.2) is 39.0 Å². The van der Waals surface area contributed by atoms with Gasteiger partial charge in [0, 0.05) is 106 Å². The maximum absolute atomic E-state index is 9.88. The van der Waals surface area contributed by atoms with E-state index in [2.05, 4.69) is 91.0 Å². The molecule has 0 radical (unpaired) electrons. The van der Waals surface area contributed by atoms with E-state index >= 15 is 0 Å². The molecule has 0 aliphatic rings. The topological polar surface area (TPSA) is 113 Å². The standard InChI is InChI=1S/2C57H34N4OS/c1-4-15-35(16-5-1)39-31-40(36-17-6-2-7-18-36)33-41(32-39)56-58-55(38-27-28-46-50(34-38)62-49-25-14-23-42(52(46)49)37-19-8-3-9-20-37)59-57(60-56)61-47-24-12-10-22-45(47)53-48(61)30-29-44-43-21-11-13-26-51(43)63-54(44)53;1-4-15-35(16-5-1)38-21-12-22-39(33-38)55-58-56(40-29-30-44-49(34-40)62-48-27-13-24-41(51(44)48)36-17-6-2-7-18-36)60-57(59-55)61-46-26-11-10-23-43(46)53-47(61)32-31-45-52-42(37-19-8-3-9-20-37)25-14-28-50(52)63-54(45)53/h2*1-34H/i3D,8D,9D,14D,19D,20D,23D,25D,27D,28D,34D;13D,24D,27D,29D,30D,34D. The third-order valence-corrected chi connectivity index (χ3v) is 25.6. The molecule has 0 N–H and O–H groups in total. The van der Waals surface area contributed by atoms with E-state index in [4.69, 9.17) is 53.8 Å². The molecular formula is C114H68N8O2S2. The molecule has 0 spiro atoms. The van der Waals surface area contributed by atoms with E-state index < -0.39 is 72.0 Å². The van der Waals surface area contributed by atoms with Gasteiger partial charge in [-0.05, 0) is 164 Å². The number of furan rings is 2. The van der Waals surface area contributed by atoms with E-state index in [9.17, 15) is 8.22 Å². The van der Waals surface area contributed by atoms with Gasteiger partial charge in [-0.3, -0.25) is 9.13 Å². The molecule has 126 heavy (non-hydrogen) atoms. The van der Waals surface area contributed by atoms with Gasteiger partial charge in [-0.2, -0.15) is 19.9 Å². The minimum absolute atomic E-state index is 0.0101. The highest BCUT2D eigenvalue weighted by molar-refractivity contribution is 7.27. The number of aromatic nitrogens is 8. The number of fused-ring (bicyclic) bond motifs is 20. The third kappa shape index (κ3) is 12.2. The summed E-state index contributed by atoms with van der Waals surface area (Å²) >= 11 is 3.44. The van der Waals surface area contributed by atoms with E-state index in [1.807, 2.05) is 215 Å². The fraction of sp³-hybridized carbons (Fsp3) is 0. The summed E-state index contributed by atoms with van der Waals surface area (Å²) in [4.78, 5) is 30.9. The number of para-hydroxylation sites is 2. The molecule has 0 aliphatic heterocycles. The van der Waals surface area contributed by atoms with E-state index in [1.54, 1.807) is 34.8 Å². The van der Waals surface area contributed by atoms with Gasteiger partial charge in [-0.25, -0.2) is 9.97 Å². The van der Waals surface area contributed by atoms with Crippen LogP contribution >= 0.6 is 22.7 Å². The van der Waals surface area contributed by atoms with Crippen LogP contribution in [0.1, 0.15) is 23.3 Å². The largest absolute Gasteiger partial charge is 0.456 e. The SMILES string of the molecule is [2H]c1c([2H])c(-c2ccccc2)c2c(oc3c([2H])c(-c4nc(-c5cccc(-c6ccccc6)c5)nc(-n5c6ccccc6c6c7sc8cccc(-c9ccccc9)c8c7ccc65)n4)c([2H])c([2H])c32)c1[2H].[2H]c1c([2H])c([2H])c(-c2c([2H])c([2H])c([2H])c3oc4c([2H])c(-c5nc(-c6cc(-c7ccccc7)cc(-c7ccccc7)c6)nc(-n6c7ccccc7c7c8sc9ccccc9c8ccc76)n5)c([2H])c([2H])c4c23)c([2H])c1[2H]. The Morgan fingerprint density at radius 2 is 0.635 bits per heavy atom. The molecule has 8 aromatic heterocycles. The van der Waals surface area contributed by atoms with Crippen LogP contribution in [0, 0.1) is 0 Å². The van der Waals surface area contributed by atoms with Gasteiger partial charge in [0.1, 0.15) is 22.3 Å². The highest BCUT2D eigenvalue weighted by Crippen LogP contribution is 2.49. The van der Waals surface area contributed by atoms with Crippen LogP contribution in [0.25, 0.3) is 252 Å². The molecule has 588 valence electrons. The quantitative estimate of drug-likeness (QED) is 0.119. The summed E-state index contributed by atoms with van der Waals surface area (Å²) in [5.74, 6) is 0.747. The summed E-state index contributed by atoms with van der Waals surface area (Å²) in [5.41, 5.74) is 11.5. The van der Waals surface area contributed by atoms with Crippen molar-refractivity contribution in [3.63, 3.8) is 0 Å². The van der Waals surface area contributed by atoms with Crippen molar-refractivity contribution in [3.8, 4) is 124 Å². The Morgan fingerprint density at radius 1 is 0.222 bits per heavy atom. The lowest BCUT2D eigenvalue weighted by molar-refractivity contribution is 0.668. The van der Waals surface area contributed by atoms with Crippen LogP contribution in [0.5, 0.6) is 0 Å². The van der Waals surface area contributed by atoms with Crippen LogP contribution < -0.4 is 0 Å². The Kier molecular flexibility index (Phi) is 13.5. The second-order valence-electron chi connectivity index (χ2n) is 30.6. The summed E-state index contributed by atoms with van der Waals surface area (Å²) in [6.45, 7) is 0. The molecule has 26 aromatic rings. The fourth-order valence-electron chi connectivity index (χ4n) is 17.6. The van der Waals surface area contributed by atoms with E-state index in [-0.39, 0.29) is 126 Å². The first-order valence-corrected chi connectivity index (χ1v) is 42.4. The van der Waals surface area contributed by atoms with Crippen molar-refractivity contribution in [2.75, 3.05) is 0 Å². The Balaban J connectivity index is 0.000000150. The maximum Gasteiger partial charge on any atom is 0.238 e. The molecule has 0 aliphatic carbocycles. The smallest absolute Gasteiger partial charge is 0.238 e. The number of benzene rings is 18. The summed E-state index contributed by atoms with van der Waals surface area (Å²) in [7, 11) is 0. The van der Waals surface area contributed by atoms with Gasteiger partial charge >= 0.3 is 0 Å². The van der Waals surface area contributed by atoms with Gasteiger partial charge < -0.3 is 8.83 Å². The molecule has 0 bridgehead atoms. The fourth-order valence-corrected chi connectivity index (χ4v) is 20.1. The second-order valence-corrected chi connectivity index (χ2v) is 32.7. The normalized spacial score (nSPS) is 13.7. The van der Waals surface area contributed by atoms with E-state index in [0.29, 0.717) is 28.1 Å². The first kappa shape index (κ1) is 57.0. The van der Waals surface area contributed by atoms with Gasteiger partial charge in [0.05, 0.1) is 45.4 Å². The van der Waals surface area contributed by atoms with Gasteiger partial charge in [0.2, 0.25) is 11.9 Å². The number of hydrogen-bond acceptors (Lipinski definition) is 10. The average Bonchev–Trinajstić information content (AvgIpc) is 1.57. The molecule has 0 fully saturated rings. The molecule has 0 saturated heterocycles. The molecule has 0 unspecified atom stereocenters. The molecule has 18 aromatic carbocycles. The Morgan fingerprint density at radius 3 is 1.20 bits per heavy atom. The van der Waals surface area contributed by atoms with Crippen LogP contribution in [-0.2, 0) is 0 Å². The van der Waals surface area contributed by atoms with Gasteiger partial charge in [0.25, 0.3) is 0 Å². The van der Waals surface area contributed by atoms with Crippen molar-refractivity contribution in [1.82, 2.24) is 39.0 Å². The van der Waals surface area contributed by atoms with Gasteiger partial charge in [-0.1, -0.05) is 315 Å². The summed E-state index contributed by atoms with van der Waals surface area (Å²) < 4.78 is 176. The molecular weight excluding hydrogens is 1580 g/mol. The number of rotatable bonds is 12.